The van der Waals surface area contributed by atoms with Crippen molar-refractivity contribution in [3.8, 4) is 0 Å². The predicted molar refractivity (Wildman–Crippen MR) is 64.5 cm³/mol. The fourth-order valence-corrected chi connectivity index (χ4v) is 2.30. The summed E-state index contributed by atoms with van der Waals surface area (Å²) in [7, 11) is 0. The SMILES string of the molecule is NC(=S)C1CCCN1Cc1ccccn1. The molecule has 0 spiro atoms. The van der Waals surface area contributed by atoms with E-state index >= 15 is 0 Å². The van der Waals surface area contributed by atoms with E-state index in [1.807, 2.05) is 24.4 Å². The van der Waals surface area contributed by atoms with Crippen LogP contribution in [0.5, 0.6) is 0 Å². The lowest BCUT2D eigenvalue weighted by Gasteiger charge is -2.22. The van der Waals surface area contributed by atoms with E-state index in [1.165, 1.54) is 6.42 Å². The number of aromatic nitrogens is 1. The van der Waals surface area contributed by atoms with Crippen LogP contribution in [0, 0.1) is 0 Å². The van der Waals surface area contributed by atoms with Crippen molar-refractivity contribution in [1.29, 1.82) is 0 Å². The second-order valence-corrected chi connectivity index (χ2v) is 4.32. The van der Waals surface area contributed by atoms with Crippen molar-refractivity contribution < 1.29 is 0 Å². The molecule has 2 heterocycles. The quantitative estimate of drug-likeness (QED) is 0.782. The van der Waals surface area contributed by atoms with Crippen molar-refractivity contribution in [2.45, 2.75) is 25.4 Å². The molecule has 0 saturated carbocycles. The van der Waals surface area contributed by atoms with Crippen LogP contribution < -0.4 is 5.73 Å². The Labute approximate surface area is 95.3 Å². The molecule has 0 aliphatic carbocycles. The van der Waals surface area contributed by atoms with Crippen LogP contribution in [-0.2, 0) is 6.54 Å². The number of nitrogens with two attached hydrogens (primary N) is 1. The van der Waals surface area contributed by atoms with Gasteiger partial charge < -0.3 is 5.73 Å². The lowest BCUT2D eigenvalue weighted by molar-refractivity contribution is 0.291. The third-order valence-corrected chi connectivity index (χ3v) is 3.06. The van der Waals surface area contributed by atoms with Crippen LogP contribution in [-0.4, -0.2) is 27.5 Å². The highest BCUT2D eigenvalue weighted by molar-refractivity contribution is 7.80. The number of hydrogen-bond acceptors (Lipinski definition) is 3. The summed E-state index contributed by atoms with van der Waals surface area (Å²) in [6, 6.07) is 6.24. The zero-order valence-electron chi connectivity index (χ0n) is 8.60. The fourth-order valence-electron chi connectivity index (χ4n) is 2.04. The van der Waals surface area contributed by atoms with E-state index in [-0.39, 0.29) is 6.04 Å². The molecule has 0 amide bonds. The van der Waals surface area contributed by atoms with E-state index in [0.29, 0.717) is 4.99 Å². The molecule has 1 aliphatic rings. The first-order valence-corrected chi connectivity index (χ1v) is 5.61. The van der Waals surface area contributed by atoms with Gasteiger partial charge in [0.15, 0.2) is 0 Å². The molecule has 1 aliphatic heterocycles. The van der Waals surface area contributed by atoms with Gasteiger partial charge in [0.05, 0.1) is 16.7 Å². The minimum atomic E-state index is 0.266. The highest BCUT2D eigenvalue weighted by Gasteiger charge is 2.26. The largest absolute Gasteiger partial charge is 0.392 e. The van der Waals surface area contributed by atoms with E-state index in [1.54, 1.807) is 0 Å². The minimum absolute atomic E-state index is 0.266. The van der Waals surface area contributed by atoms with Crippen molar-refractivity contribution in [2.75, 3.05) is 6.54 Å². The van der Waals surface area contributed by atoms with Gasteiger partial charge in [0.25, 0.3) is 0 Å². The molecule has 2 N–H and O–H groups in total. The molecule has 3 nitrogen and oxygen atoms in total. The average molecular weight is 221 g/mol. The Balaban J connectivity index is 2.03. The zero-order valence-corrected chi connectivity index (χ0v) is 9.41. The van der Waals surface area contributed by atoms with Crippen LogP contribution in [0.15, 0.2) is 24.4 Å². The molecule has 1 aromatic rings. The van der Waals surface area contributed by atoms with E-state index in [9.17, 15) is 0 Å². The summed E-state index contributed by atoms with van der Waals surface area (Å²) in [6.45, 7) is 1.92. The predicted octanol–water partition coefficient (Wildman–Crippen LogP) is 1.33. The first kappa shape index (κ1) is 10.5. The van der Waals surface area contributed by atoms with Gasteiger partial charge in [-0.1, -0.05) is 18.3 Å². The summed E-state index contributed by atoms with van der Waals surface area (Å²) in [5.74, 6) is 0. The van der Waals surface area contributed by atoms with E-state index in [0.717, 1.165) is 25.2 Å². The second-order valence-electron chi connectivity index (χ2n) is 3.85. The van der Waals surface area contributed by atoms with Gasteiger partial charge in [-0.3, -0.25) is 9.88 Å². The Bertz CT molecular complexity index is 339. The fraction of sp³-hybridized carbons (Fsp3) is 0.455. The van der Waals surface area contributed by atoms with Crippen molar-refractivity contribution in [3.05, 3.63) is 30.1 Å². The van der Waals surface area contributed by atoms with Gasteiger partial charge in [0.1, 0.15) is 0 Å². The van der Waals surface area contributed by atoms with Crippen molar-refractivity contribution in [1.82, 2.24) is 9.88 Å². The molecule has 0 radical (unpaired) electrons. The molecule has 4 heteroatoms. The smallest absolute Gasteiger partial charge is 0.0902 e. The summed E-state index contributed by atoms with van der Waals surface area (Å²) in [6.07, 6.45) is 4.08. The van der Waals surface area contributed by atoms with E-state index < -0.39 is 0 Å². The maximum atomic E-state index is 5.71. The molecule has 1 aromatic heterocycles. The summed E-state index contributed by atoms with van der Waals surface area (Å²) in [4.78, 5) is 7.23. The minimum Gasteiger partial charge on any atom is -0.392 e. The molecule has 15 heavy (non-hydrogen) atoms. The van der Waals surface area contributed by atoms with Gasteiger partial charge in [-0.2, -0.15) is 0 Å². The van der Waals surface area contributed by atoms with Gasteiger partial charge in [0.2, 0.25) is 0 Å². The Morgan fingerprint density at radius 2 is 2.47 bits per heavy atom. The number of nitrogens with zero attached hydrogens (tertiary/aromatic N) is 2. The van der Waals surface area contributed by atoms with Gasteiger partial charge in [0, 0.05) is 12.7 Å². The molecule has 1 atom stereocenters. The Morgan fingerprint density at radius 1 is 1.60 bits per heavy atom. The van der Waals surface area contributed by atoms with E-state index in [2.05, 4.69) is 9.88 Å². The maximum Gasteiger partial charge on any atom is 0.0902 e. The van der Waals surface area contributed by atoms with Crippen molar-refractivity contribution in [2.24, 2.45) is 5.73 Å². The Morgan fingerprint density at radius 3 is 3.13 bits per heavy atom. The van der Waals surface area contributed by atoms with Gasteiger partial charge in [-0.05, 0) is 31.5 Å². The molecule has 1 fully saturated rings. The highest BCUT2D eigenvalue weighted by atomic mass is 32.1. The summed E-state index contributed by atoms with van der Waals surface area (Å²) >= 11 is 5.06. The third kappa shape index (κ3) is 2.52. The maximum absolute atomic E-state index is 5.71. The topological polar surface area (TPSA) is 42.1 Å². The van der Waals surface area contributed by atoms with Crippen LogP contribution >= 0.6 is 12.2 Å². The summed E-state index contributed by atoms with van der Waals surface area (Å²) < 4.78 is 0. The van der Waals surface area contributed by atoms with Gasteiger partial charge in [-0.15, -0.1) is 0 Å². The van der Waals surface area contributed by atoms with Gasteiger partial charge >= 0.3 is 0 Å². The number of thiocarbonyl (C=S) groups is 1. The van der Waals surface area contributed by atoms with Crippen LogP contribution in [0.2, 0.25) is 0 Å². The lowest BCUT2D eigenvalue weighted by Crippen LogP contribution is -2.38. The lowest BCUT2D eigenvalue weighted by atomic mass is 10.2. The van der Waals surface area contributed by atoms with Crippen LogP contribution in [0.1, 0.15) is 18.5 Å². The number of pyridine rings is 1. The second kappa shape index (κ2) is 4.68. The van der Waals surface area contributed by atoms with Crippen molar-refractivity contribution in [3.63, 3.8) is 0 Å². The number of hydrogen-bond donors (Lipinski definition) is 1. The van der Waals surface area contributed by atoms with E-state index in [4.69, 9.17) is 18.0 Å². The summed E-state index contributed by atoms with van der Waals surface area (Å²) in [5, 5.41) is 0. The van der Waals surface area contributed by atoms with Crippen LogP contribution in [0.3, 0.4) is 0 Å². The Kier molecular flexibility index (Phi) is 3.28. The first-order valence-electron chi connectivity index (χ1n) is 5.20. The molecular weight excluding hydrogens is 206 g/mol. The monoisotopic (exact) mass is 221 g/mol. The molecule has 0 bridgehead atoms. The molecule has 80 valence electrons. The van der Waals surface area contributed by atoms with Crippen molar-refractivity contribution >= 4 is 17.2 Å². The molecule has 1 unspecified atom stereocenters. The van der Waals surface area contributed by atoms with Crippen LogP contribution in [0.25, 0.3) is 0 Å². The van der Waals surface area contributed by atoms with Crippen LogP contribution in [0.4, 0.5) is 0 Å². The molecule has 0 aromatic carbocycles. The number of rotatable bonds is 3. The first-order chi connectivity index (χ1) is 7.27. The normalized spacial score (nSPS) is 21.7. The number of likely N-dealkylation sites (tertiary alicyclic amines) is 1. The Hall–Kier alpha value is -1.00. The third-order valence-electron chi connectivity index (χ3n) is 2.78. The standard InChI is InChI=1S/C11H15N3S/c12-11(15)10-5-3-7-14(10)8-9-4-1-2-6-13-9/h1-2,4,6,10H,3,5,7-8H2,(H2,12,15). The molecular formula is C11H15N3S. The van der Waals surface area contributed by atoms with Gasteiger partial charge in [-0.25, -0.2) is 0 Å². The average Bonchev–Trinajstić information content (AvgIpc) is 2.67. The highest BCUT2D eigenvalue weighted by Crippen LogP contribution is 2.19. The zero-order chi connectivity index (χ0) is 10.7. The molecule has 1 saturated heterocycles. The summed E-state index contributed by atoms with van der Waals surface area (Å²) in [5.41, 5.74) is 6.80. The molecule has 2 rings (SSSR count).